The van der Waals surface area contributed by atoms with Crippen LogP contribution in [-0.2, 0) is 26.6 Å². The van der Waals surface area contributed by atoms with Crippen LogP contribution in [0.15, 0.2) is 54.6 Å². The van der Waals surface area contributed by atoms with Crippen molar-refractivity contribution in [3.8, 4) is 0 Å². The van der Waals surface area contributed by atoms with E-state index in [1.807, 2.05) is 54.6 Å². The van der Waals surface area contributed by atoms with Crippen molar-refractivity contribution in [2.45, 2.75) is 30.2 Å². The van der Waals surface area contributed by atoms with Gasteiger partial charge in [-0.25, -0.2) is 13.2 Å². The van der Waals surface area contributed by atoms with Crippen molar-refractivity contribution in [3.05, 3.63) is 65.7 Å². The topological polar surface area (TPSA) is 75.7 Å². The van der Waals surface area contributed by atoms with Gasteiger partial charge in [-0.05, 0) is 43.1 Å². The molecule has 28 heavy (non-hydrogen) atoms. The van der Waals surface area contributed by atoms with Crippen LogP contribution >= 0.6 is 0 Å². The van der Waals surface area contributed by atoms with Crippen molar-refractivity contribution >= 4 is 21.6 Å². The van der Waals surface area contributed by atoms with E-state index in [1.54, 1.807) is 0 Å². The molecule has 1 saturated heterocycles. The predicted molar refractivity (Wildman–Crippen MR) is 108 cm³/mol. The number of hydrogen-bond donors (Lipinski definition) is 1. The third-order valence-electron chi connectivity index (χ3n) is 5.71. The van der Waals surface area contributed by atoms with Gasteiger partial charge >= 0.3 is 6.09 Å². The summed E-state index contributed by atoms with van der Waals surface area (Å²) in [6, 6.07) is 16.9. The molecule has 2 aromatic rings. The van der Waals surface area contributed by atoms with Crippen LogP contribution < -0.4 is 10.2 Å². The van der Waals surface area contributed by atoms with Crippen LogP contribution in [0.1, 0.15) is 24.0 Å². The average molecular weight is 401 g/mol. The first-order valence-electron chi connectivity index (χ1n) is 9.42. The molecule has 1 N–H and O–H groups in total. The molecule has 1 fully saturated rings. The minimum absolute atomic E-state index is 0.101. The molecule has 4 rings (SSSR count). The molecule has 1 amide bonds. The molecule has 0 aromatic heterocycles. The van der Waals surface area contributed by atoms with E-state index < -0.39 is 26.7 Å². The van der Waals surface area contributed by atoms with E-state index in [-0.39, 0.29) is 6.61 Å². The van der Waals surface area contributed by atoms with Crippen LogP contribution in [0.4, 0.5) is 10.5 Å². The molecule has 1 atom stereocenters. The van der Waals surface area contributed by atoms with E-state index in [0.717, 1.165) is 11.1 Å². The van der Waals surface area contributed by atoms with Crippen LogP contribution in [0.25, 0.3) is 0 Å². The van der Waals surface area contributed by atoms with Crippen molar-refractivity contribution in [2.24, 2.45) is 0 Å². The van der Waals surface area contributed by atoms with Crippen LogP contribution in [0.2, 0.25) is 0 Å². The molecule has 0 saturated carbocycles. The number of ether oxygens (including phenoxy) is 1. The summed E-state index contributed by atoms with van der Waals surface area (Å²) in [5, 5.41) is 2.34. The first-order valence-corrected chi connectivity index (χ1v) is 11.4. The predicted octanol–water partition coefficient (Wildman–Crippen LogP) is 2.84. The van der Waals surface area contributed by atoms with Gasteiger partial charge in [-0.1, -0.05) is 48.5 Å². The normalized spacial score (nSPS) is 20.8. The first-order chi connectivity index (χ1) is 13.4. The summed E-state index contributed by atoms with van der Waals surface area (Å²) in [5.74, 6) is 0. The highest BCUT2D eigenvalue weighted by atomic mass is 32.2. The highest BCUT2D eigenvalue weighted by molar-refractivity contribution is 7.91. The molecule has 2 aromatic carbocycles. The number of piperidine rings is 1. The SMILES string of the molecule is CS(=O)(=O)C1N(C(=O)OCc2ccccc2)c2ccccc2C12CCNCC2. The number of benzene rings is 2. The summed E-state index contributed by atoms with van der Waals surface area (Å²) in [6.07, 6.45) is 1.90. The number of rotatable bonds is 3. The summed E-state index contributed by atoms with van der Waals surface area (Å²) in [5.41, 5.74) is 1.80. The van der Waals surface area contributed by atoms with Crippen molar-refractivity contribution in [1.29, 1.82) is 0 Å². The molecule has 2 aliphatic heterocycles. The van der Waals surface area contributed by atoms with Crippen LogP contribution in [-0.4, -0.2) is 39.2 Å². The fraction of sp³-hybridized carbons (Fsp3) is 0.381. The van der Waals surface area contributed by atoms with E-state index >= 15 is 0 Å². The van der Waals surface area contributed by atoms with Crippen molar-refractivity contribution in [1.82, 2.24) is 5.32 Å². The number of amides is 1. The Hall–Kier alpha value is -2.38. The standard InChI is InChI=1S/C21H24N2O4S/c1-28(25,26)19-21(11-13-22-14-12-21)17-9-5-6-10-18(17)23(19)20(24)27-15-16-7-3-2-4-8-16/h2-10,19,22H,11-15H2,1H3. The zero-order valence-corrected chi connectivity index (χ0v) is 16.6. The fourth-order valence-electron chi connectivity index (χ4n) is 4.58. The number of carbonyl (C=O) groups is 1. The molecule has 2 aliphatic rings. The molecule has 0 aliphatic carbocycles. The lowest BCUT2D eigenvalue weighted by atomic mass is 9.74. The van der Waals surface area contributed by atoms with Gasteiger partial charge in [-0.3, -0.25) is 4.90 Å². The summed E-state index contributed by atoms with van der Waals surface area (Å²) < 4.78 is 31.3. The number of nitrogens with zero attached hydrogens (tertiary/aromatic N) is 1. The molecule has 0 bridgehead atoms. The van der Waals surface area contributed by atoms with Gasteiger partial charge in [0.15, 0.2) is 15.2 Å². The molecule has 2 heterocycles. The van der Waals surface area contributed by atoms with Crippen molar-refractivity contribution in [2.75, 3.05) is 24.2 Å². The smallest absolute Gasteiger partial charge is 0.415 e. The van der Waals surface area contributed by atoms with E-state index in [2.05, 4.69) is 5.32 Å². The minimum Gasteiger partial charge on any atom is -0.444 e. The Labute approximate surface area is 165 Å². The second-order valence-electron chi connectivity index (χ2n) is 7.52. The Morgan fingerprint density at radius 1 is 1.11 bits per heavy atom. The van der Waals surface area contributed by atoms with E-state index in [0.29, 0.717) is 31.6 Å². The first kappa shape index (κ1) is 19.0. The van der Waals surface area contributed by atoms with Gasteiger partial charge in [-0.15, -0.1) is 0 Å². The summed E-state index contributed by atoms with van der Waals surface area (Å²) >= 11 is 0. The third kappa shape index (κ3) is 3.18. The lowest BCUT2D eigenvalue weighted by Crippen LogP contribution is -2.55. The largest absolute Gasteiger partial charge is 0.444 e. The Bertz CT molecular complexity index is 969. The molecule has 0 radical (unpaired) electrons. The zero-order chi connectivity index (χ0) is 19.8. The van der Waals surface area contributed by atoms with Crippen LogP contribution in [0.5, 0.6) is 0 Å². The average Bonchev–Trinajstić information content (AvgIpc) is 2.98. The second kappa shape index (κ2) is 7.22. The van der Waals surface area contributed by atoms with E-state index in [9.17, 15) is 13.2 Å². The third-order valence-corrected chi connectivity index (χ3v) is 7.18. The van der Waals surface area contributed by atoms with Gasteiger partial charge in [0.25, 0.3) is 0 Å². The Morgan fingerprint density at radius 3 is 2.43 bits per heavy atom. The van der Waals surface area contributed by atoms with Crippen LogP contribution in [0.3, 0.4) is 0 Å². The van der Waals surface area contributed by atoms with Gasteiger partial charge in [-0.2, -0.15) is 0 Å². The van der Waals surface area contributed by atoms with Crippen molar-refractivity contribution in [3.63, 3.8) is 0 Å². The van der Waals surface area contributed by atoms with Gasteiger partial charge in [0, 0.05) is 11.7 Å². The summed E-state index contributed by atoms with van der Waals surface area (Å²) in [4.78, 5) is 14.4. The number of anilines is 1. The summed E-state index contributed by atoms with van der Waals surface area (Å²) in [6.45, 7) is 1.53. The maximum Gasteiger partial charge on any atom is 0.415 e. The molecule has 148 valence electrons. The van der Waals surface area contributed by atoms with Gasteiger partial charge in [0.05, 0.1) is 5.69 Å². The lowest BCUT2D eigenvalue weighted by Gasteiger charge is -2.40. The van der Waals surface area contributed by atoms with Gasteiger partial charge < -0.3 is 10.1 Å². The highest BCUT2D eigenvalue weighted by Crippen LogP contribution is 2.52. The van der Waals surface area contributed by atoms with Crippen molar-refractivity contribution < 1.29 is 17.9 Å². The maximum atomic E-state index is 13.1. The number of nitrogens with one attached hydrogen (secondary N) is 1. The zero-order valence-electron chi connectivity index (χ0n) is 15.8. The quantitative estimate of drug-likeness (QED) is 0.857. The molecular weight excluding hydrogens is 376 g/mol. The Kier molecular flexibility index (Phi) is 4.89. The van der Waals surface area contributed by atoms with E-state index in [4.69, 9.17) is 4.74 Å². The molecule has 6 nitrogen and oxygen atoms in total. The monoisotopic (exact) mass is 400 g/mol. The number of carbonyl (C=O) groups excluding carboxylic acids is 1. The number of sulfone groups is 1. The molecule has 1 spiro atoms. The number of fused-ring (bicyclic) bond motifs is 2. The number of para-hydroxylation sites is 1. The molecule has 7 heteroatoms. The summed E-state index contributed by atoms with van der Waals surface area (Å²) in [7, 11) is -3.56. The Balaban J connectivity index is 1.73. The Morgan fingerprint density at radius 2 is 1.75 bits per heavy atom. The fourth-order valence-corrected chi connectivity index (χ4v) is 6.35. The number of hydrogen-bond acceptors (Lipinski definition) is 5. The molecule has 1 unspecified atom stereocenters. The maximum absolute atomic E-state index is 13.1. The highest BCUT2D eigenvalue weighted by Gasteiger charge is 2.57. The second-order valence-corrected chi connectivity index (χ2v) is 9.62. The van der Waals surface area contributed by atoms with Crippen LogP contribution in [0, 0.1) is 0 Å². The molecular formula is C21H24N2O4S. The van der Waals surface area contributed by atoms with E-state index in [1.165, 1.54) is 11.2 Å². The minimum atomic E-state index is -3.56. The lowest BCUT2D eigenvalue weighted by molar-refractivity contribution is 0.144. The van der Waals surface area contributed by atoms with Gasteiger partial charge in [0.2, 0.25) is 0 Å². The van der Waals surface area contributed by atoms with Gasteiger partial charge in [0.1, 0.15) is 6.61 Å².